The summed E-state index contributed by atoms with van der Waals surface area (Å²) in [4.78, 5) is 6.85. The molecule has 1 N–H and O–H groups in total. The number of aromatic nitrogens is 1. The molecule has 2 aromatic rings. The zero-order chi connectivity index (χ0) is 11.8. The highest BCUT2D eigenvalue weighted by Crippen LogP contribution is 2.26. The molecule has 2 unspecified atom stereocenters. The van der Waals surface area contributed by atoms with Gasteiger partial charge in [0.15, 0.2) is 0 Å². The van der Waals surface area contributed by atoms with Gasteiger partial charge in [-0.15, -0.1) is 0 Å². The van der Waals surface area contributed by atoms with Crippen LogP contribution in [0.4, 0.5) is 5.82 Å². The predicted octanol–water partition coefficient (Wildman–Crippen LogP) is 2.01. The Morgan fingerprint density at radius 1 is 1.29 bits per heavy atom. The summed E-state index contributed by atoms with van der Waals surface area (Å²) in [6, 6.07) is 4.88. The van der Waals surface area contributed by atoms with Gasteiger partial charge < -0.3 is 14.6 Å². The second-order valence-electron chi connectivity index (χ2n) is 4.84. The number of hydrogen-bond acceptors (Lipinski definition) is 4. The Labute approximate surface area is 101 Å². The van der Waals surface area contributed by atoms with Crippen LogP contribution in [0, 0.1) is 0 Å². The Bertz CT molecular complexity index is 512. The summed E-state index contributed by atoms with van der Waals surface area (Å²) in [5, 5.41) is 4.63. The van der Waals surface area contributed by atoms with Crippen molar-refractivity contribution in [3.05, 3.63) is 24.6 Å². The summed E-state index contributed by atoms with van der Waals surface area (Å²) in [7, 11) is 0. The van der Waals surface area contributed by atoms with Crippen LogP contribution in [0.1, 0.15) is 13.8 Å². The lowest BCUT2D eigenvalue weighted by Crippen LogP contribution is -2.54. The third kappa shape index (κ3) is 1.89. The van der Waals surface area contributed by atoms with Crippen LogP contribution in [-0.2, 0) is 0 Å². The topological polar surface area (TPSA) is 41.3 Å². The van der Waals surface area contributed by atoms with E-state index in [-0.39, 0.29) is 0 Å². The molecule has 0 radical (unpaired) electrons. The average Bonchev–Trinajstić information content (AvgIpc) is 2.75. The minimum absolute atomic E-state index is 0.489. The molecule has 0 spiro atoms. The Morgan fingerprint density at radius 3 is 2.82 bits per heavy atom. The number of furan rings is 1. The lowest BCUT2D eigenvalue weighted by Gasteiger charge is -2.37. The van der Waals surface area contributed by atoms with Crippen LogP contribution in [0.5, 0.6) is 0 Å². The SMILES string of the molecule is CC1CN(c2nccc3occc23)CC(C)N1. The van der Waals surface area contributed by atoms with Gasteiger partial charge in [-0.05, 0) is 26.0 Å². The van der Waals surface area contributed by atoms with E-state index < -0.39 is 0 Å². The van der Waals surface area contributed by atoms with Gasteiger partial charge in [-0.2, -0.15) is 0 Å². The molecule has 90 valence electrons. The van der Waals surface area contributed by atoms with E-state index in [0.717, 1.165) is 29.9 Å². The van der Waals surface area contributed by atoms with Crippen LogP contribution in [0.15, 0.2) is 29.0 Å². The lowest BCUT2D eigenvalue weighted by atomic mass is 10.1. The van der Waals surface area contributed by atoms with E-state index >= 15 is 0 Å². The van der Waals surface area contributed by atoms with Gasteiger partial charge in [0, 0.05) is 31.4 Å². The van der Waals surface area contributed by atoms with Crippen molar-refractivity contribution in [1.29, 1.82) is 0 Å². The van der Waals surface area contributed by atoms with Gasteiger partial charge in [-0.3, -0.25) is 0 Å². The van der Waals surface area contributed by atoms with Gasteiger partial charge in [-0.1, -0.05) is 0 Å². The molecule has 0 amide bonds. The van der Waals surface area contributed by atoms with E-state index in [9.17, 15) is 0 Å². The molecule has 0 aliphatic carbocycles. The summed E-state index contributed by atoms with van der Waals surface area (Å²) in [6.45, 7) is 6.39. The molecule has 3 rings (SSSR count). The molecule has 1 saturated heterocycles. The number of fused-ring (bicyclic) bond motifs is 1. The first-order valence-electron chi connectivity index (χ1n) is 6.07. The Balaban J connectivity index is 2.00. The molecule has 3 heterocycles. The van der Waals surface area contributed by atoms with E-state index in [1.165, 1.54) is 0 Å². The molecule has 4 heteroatoms. The van der Waals surface area contributed by atoms with E-state index in [2.05, 4.69) is 29.0 Å². The second kappa shape index (κ2) is 4.04. The van der Waals surface area contributed by atoms with Crippen molar-refractivity contribution in [2.75, 3.05) is 18.0 Å². The van der Waals surface area contributed by atoms with Crippen LogP contribution in [0.25, 0.3) is 11.0 Å². The van der Waals surface area contributed by atoms with Crippen molar-refractivity contribution >= 4 is 16.8 Å². The molecule has 0 bridgehead atoms. The van der Waals surface area contributed by atoms with Crippen LogP contribution in [0.3, 0.4) is 0 Å². The van der Waals surface area contributed by atoms with E-state index in [0.29, 0.717) is 12.1 Å². The van der Waals surface area contributed by atoms with E-state index in [1.807, 2.05) is 18.3 Å². The van der Waals surface area contributed by atoms with Crippen molar-refractivity contribution in [2.24, 2.45) is 0 Å². The number of nitrogens with zero attached hydrogens (tertiary/aromatic N) is 2. The fourth-order valence-corrected chi connectivity index (χ4v) is 2.63. The molecular weight excluding hydrogens is 214 g/mol. The molecule has 0 aromatic carbocycles. The van der Waals surface area contributed by atoms with E-state index in [1.54, 1.807) is 6.26 Å². The fourth-order valence-electron chi connectivity index (χ4n) is 2.63. The van der Waals surface area contributed by atoms with Gasteiger partial charge in [0.1, 0.15) is 11.4 Å². The van der Waals surface area contributed by atoms with Crippen LogP contribution in [-0.4, -0.2) is 30.2 Å². The van der Waals surface area contributed by atoms with Crippen molar-refractivity contribution in [3.8, 4) is 0 Å². The summed E-state index contributed by atoms with van der Waals surface area (Å²) < 4.78 is 5.42. The summed E-state index contributed by atoms with van der Waals surface area (Å²) in [6.07, 6.45) is 3.55. The number of rotatable bonds is 1. The molecule has 1 aliphatic heterocycles. The molecule has 1 fully saturated rings. The maximum Gasteiger partial charge on any atom is 0.139 e. The molecule has 0 saturated carbocycles. The van der Waals surface area contributed by atoms with Crippen molar-refractivity contribution in [1.82, 2.24) is 10.3 Å². The third-order valence-electron chi connectivity index (χ3n) is 3.22. The zero-order valence-electron chi connectivity index (χ0n) is 10.2. The average molecular weight is 231 g/mol. The minimum atomic E-state index is 0.489. The Hall–Kier alpha value is -1.55. The number of nitrogens with one attached hydrogen (secondary N) is 1. The normalized spacial score (nSPS) is 25.4. The largest absolute Gasteiger partial charge is 0.464 e. The maximum atomic E-state index is 5.42. The predicted molar refractivity (Wildman–Crippen MR) is 68.3 cm³/mol. The van der Waals surface area contributed by atoms with Crippen molar-refractivity contribution in [3.63, 3.8) is 0 Å². The fraction of sp³-hybridized carbons (Fsp3) is 0.462. The molecular formula is C13H17N3O. The van der Waals surface area contributed by atoms with Gasteiger partial charge in [0.25, 0.3) is 0 Å². The van der Waals surface area contributed by atoms with Crippen LogP contribution in [0.2, 0.25) is 0 Å². The summed E-state index contributed by atoms with van der Waals surface area (Å²) >= 11 is 0. The molecule has 2 aromatic heterocycles. The van der Waals surface area contributed by atoms with Gasteiger partial charge in [0.2, 0.25) is 0 Å². The highest BCUT2D eigenvalue weighted by atomic mass is 16.3. The maximum absolute atomic E-state index is 5.42. The first-order chi connectivity index (χ1) is 8.24. The molecule has 2 atom stereocenters. The summed E-state index contributed by atoms with van der Waals surface area (Å²) in [5.74, 6) is 1.04. The number of pyridine rings is 1. The standard InChI is InChI=1S/C13H17N3O/c1-9-7-16(8-10(2)15-9)13-11-4-6-17-12(11)3-5-14-13/h3-6,9-10,15H,7-8H2,1-2H3. The molecule has 17 heavy (non-hydrogen) atoms. The lowest BCUT2D eigenvalue weighted by molar-refractivity contribution is 0.406. The number of anilines is 1. The van der Waals surface area contributed by atoms with Crippen LogP contribution < -0.4 is 10.2 Å². The number of hydrogen-bond donors (Lipinski definition) is 1. The van der Waals surface area contributed by atoms with Gasteiger partial charge in [0.05, 0.1) is 11.6 Å². The molecule has 1 aliphatic rings. The highest BCUT2D eigenvalue weighted by molar-refractivity contribution is 5.88. The Morgan fingerprint density at radius 2 is 2.06 bits per heavy atom. The van der Waals surface area contributed by atoms with Crippen LogP contribution >= 0.6 is 0 Å². The van der Waals surface area contributed by atoms with Crippen molar-refractivity contribution in [2.45, 2.75) is 25.9 Å². The number of piperazine rings is 1. The first-order valence-corrected chi connectivity index (χ1v) is 6.07. The van der Waals surface area contributed by atoms with E-state index in [4.69, 9.17) is 4.42 Å². The smallest absolute Gasteiger partial charge is 0.139 e. The molecule has 4 nitrogen and oxygen atoms in total. The third-order valence-corrected chi connectivity index (χ3v) is 3.22. The van der Waals surface area contributed by atoms with Crippen molar-refractivity contribution < 1.29 is 4.42 Å². The highest BCUT2D eigenvalue weighted by Gasteiger charge is 2.23. The summed E-state index contributed by atoms with van der Waals surface area (Å²) in [5.41, 5.74) is 0.911. The minimum Gasteiger partial charge on any atom is -0.464 e. The Kier molecular flexibility index (Phi) is 2.52. The van der Waals surface area contributed by atoms with Gasteiger partial charge >= 0.3 is 0 Å². The second-order valence-corrected chi connectivity index (χ2v) is 4.84. The van der Waals surface area contributed by atoms with Gasteiger partial charge in [-0.25, -0.2) is 4.98 Å². The first kappa shape index (κ1) is 10.6. The monoisotopic (exact) mass is 231 g/mol. The quantitative estimate of drug-likeness (QED) is 0.815. The zero-order valence-corrected chi connectivity index (χ0v) is 10.2.